The molecule has 1 aliphatic heterocycles. The molecule has 0 fully saturated rings. The van der Waals surface area contributed by atoms with Crippen LogP contribution in [-0.4, -0.2) is 24.0 Å². The molecule has 2 aromatic carbocycles. The van der Waals surface area contributed by atoms with Crippen LogP contribution in [0.5, 0.6) is 11.5 Å². The van der Waals surface area contributed by atoms with E-state index in [0.717, 1.165) is 30.2 Å². The van der Waals surface area contributed by atoms with Crippen molar-refractivity contribution in [2.24, 2.45) is 0 Å². The minimum Gasteiger partial charge on any atom is -0.453 e. The van der Waals surface area contributed by atoms with Crippen LogP contribution < -0.4 is 14.5 Å². The van der Waals surface area contributed by atoms with Crippen LogP contribution in [0.25, 0.3) is 0 Å². The highest BCUT2D eigenvalue weighted by Crippen LogP contribution is 2.51. The van der Waals surface area contributed by atoms with Crippen LogP contribution in [0.4, 0.5) is 17.1 Å². The van der Waals surface area contributed by atoms with Crippen LogP contribution in [0.15, 0.2) is 67.0 Å². The summed E-state index contributed by atoms with van der Waals surface area (Å²) in [6, 6.07) is 17.1. The Hall–Kier alpha value is -3.34. The molecular weight excluding hydrogens is 338 g/mol. The normalized spacial score (nSPS) is 12.0. The Morgan fingerprint density at radius 1 is 1.00 bits per heavy atom. The van der Waals surface area contributed by atoms with Gasteiger partial charge in [-0.1, -0.05) is 18.2 Å². The zero-order valence-corrected chi connectivity index (χ0v) is 15.4. The molecule has 0 atom stereocenters. The third kappa shape index (κ3) is 2.91. The maximum Gasteiger partial charge on any atom is 0.264 e. The summed E-state index contributed by atoms with van der Waals surface area (Å²) in [5.41, 5.74) is 3.02. The van der Waals surface area contributed by atoms with E-state index in [-0.39, 0.29) is 5.91 Å². The molecule has 1 aromatic heterocycles. The molecule has 27 heavy (non-hydrogen) atoms. The number of aromatic nitrogens is 1. The SMILES string of the molecule is CCN(CC)c1cccc2c1N(C(=O)c1cccnc1)c1ccccc1O2. The molecule has 0 unspecified atom stereocenters. The molecule has 4 rings (SSSR count). The summed E-state index contributed by atoms with van der Waals surface area (Å²) in [7, 11) is 0. The van der Waals surface area contributed by atoms with E-state index in [1.807, 2.05) is 42.5 Å². The predicted octanol–water partition coefficient (Wildman–Crippen LogP) is 5.01. The van der Waals surface area contributed by atoms with Gasteiger partial charge < -0.3 is 9.64 Å². The number of carbonyl (C=O) groups excluding carboxylic acids is 1. The summed E-state index contributed by atoms with van der Waals surface area (Å²) in [5.74, 6) is 1.22. The Morgan fingerprint density at radius 3 is 2.52 bits per heavy atom. The highest BCUT2D eigenvalue weighted by molar-refractivity contribution is 6.15. The van der Waals surface area contributed by atoms with Crippen LogP contribution >= 0.6 is 0 Å². The first kappa shape index (κ1) is 17.1. The number of pyridine rings is 1. The Labute approximate surface area is 158 Å². The molecule has 3 aromatic rings. The van der Waals surface area contributed by atoms with Crippen molar-refractivity contribution >= 4 is 23.0 Å². The number of anilines is 3. The number of hydrogen-bond donors (Lipinski definition) is 0. The Bertz CT molecular complexity index is 968. The van der Waals surface area contributed by atoms with Crippen molar-refractivity contribution in [1.29, 1.82) is 0 Å². The Morgan fingerprint density at radius 2 is 1.78 bits per heavy atom. The van der Waals surface area contributed by atoms with E-state index in [1.54, 1.807) is 29.4 Å². The first-order valence-electron chi connectivity index (χ1n) is 9.14. The van der Waals surface area contributed by atoms with Crippen molar-refractivity contribution in [3.8, 4) is 11.5 Å². The summed E-state index contributed by atoms with van der Waals surface area (Å²) in [6.45, 7) is 5.88. The summed E-state index contributed by atoms with van der Waals surface area (Å²) in [4.78, 5) is 21.6. The van der Waals surface area contributed by atoms with Crippen LogP contribution in [0.3, 0.4) is 0 Å². The molecular formula is C22H21N3O2. The first-order chi connectivity index (χ1) is 13.2. The zero-order chi connectivity index (χ0) is 18.8. The molecule has 2 heterocycles. The fourth-order valence-corrected chi connectivity index (χ4v) is 3.43. The molecule has 136 valence electrons. The Balaban J connectivity index is 1.94. The molecule has 1 aliphatic rings. The van der Waals surface area contributed by atoms with Crippen LogP contribution in [-0.2, 0) is 0 Å². The van der Waals surface area contributed by atoms with E-state index in [1.165, 1.54) is 0 Å². The lowest BCUT2D eigenvalue weighted by atomic mass is 10.1. The van der Waals surface area contributed by atoms with Gasteiger partial charge in [0.05, 0.1) is 16.9 Å². The number of carbonyl (C=O) groups is 1. The second kappa shape index (κ2) is 7.11. The molecule has 0 N–H and O–H groups in total. The largest absolute Gasteiger partial charge is 0.453 e. The molecule has 0 radical (unpaired) electrons. The quantitative estimate of drug-likeness (QED) is 0.657. The van der Waals surface area contributed by atoms with Gasteiger partial charge in [0.1, 0.15) is 5.69 Å². The number of hydrogen-bond acceptors (Lipinski definition) is 4. The van der Waals surface area contributed by atoms with Gasteiger partial charge in [0, 0.05) is 25.5 Å². The standard InChI is InChI=1S/C22H21N3O2/c1-3-24(4-2)18-11-7-13-20-21(18)25(17-10-5-6-12-19(17)27-20)22(26)16-9-8-14-23-15-16/h5-15H,3-4H2,1-2H3. The summed E-state index contributed by atoms with van der Waals surface area (Å²) in [6.07, 6.45) is 3.26. The van der Waals surface area contributed by atoms with E-state index in [9.17, 15) is 4.79 Å². The van der Waals surface area contributed by atoms with Crippen LogP contribution in [0.2, 0.25) is 0 Å². The first-order valence-corrected chi connectivity index (χ1v) is 9.14. The van der Waals surface area contributed by atoms with Gasteiger partial charge in [-0.2, -0.15) is 0 Å². The number of para-hydroxylation sites is 3. The molecule has 0 aliphatic carbocycles. The second-order valence-corrected chi connectivity index (χ2v) is 6.25. The van der Waals surface area contributed by atoms with Gasteiger partial charge in [0.25, 0.3) is 5.91 Å². The van der Waals surface area contributed by atoms with Crippen LogP contribution in [0.1, 0.15) is 24.2 Å². The molecule has 1 amide bonds. The lowest BCUT2D eigenvalue weighted by Crippen LogP contribution is -2.32. The van der Waals surface area contributed by atoms with Crippen molar-refractivity contribution in [2.45, 2.75) is 13.8 Å². The van der Waals surface area contributed by atoms with E-state index >= 15 is 0 Å². The second-order valence-electron chi connectivity index (χ2n) is 6.25. The third-order valence-electron chi connectivity index (χ3n) is 4.74. The Kier molecular flexibility index (Phi) is 4.50. The van der Waals surface area contributed by atoms with E-state index in [4.69, 9.17) is 4.74 Å². The maximum atomic E-state index is 13.5. The lowest BCUT2D eigenvalue weighted by Gasteiger charge is -2.35. The van der Waals surface area contributed by atoms with Crippen molar-refractivity contribution in [2.75, 3.05) is 22.9 Å². The van der Waals surface area contributed by atoms with Crippen molar-refractivity contribution < 1.29 is 9.53 Å². The predicted molar refractivity (Wildman–Crippen MR) is 107 cm³/mol. The number of benzene rings is 2. The fourth-order valence-electron chi connectivity index (χ4n) is 3.43. The third-order valence-corrected chi connectivity index (χ3v) is 4.74. The van der Waals surface area contributed by atoms with Gasteiger partial charge in [-0.3, -0.25) is 14.7 Å². The van der Waals surface area contributed by atoms with Gasteiger partial charge in [0.15, 0.2) is 11.5 Å². The van der Waals surface area contributed by atoms with E-state index in [0.29, 0.717) is 17.1 Å². The number of nitrogens with zero attached hydrogens (tertiary/aromatic N) is 3. The summed E-state index contributed by atoms with van der Waals surface area (Å²) >= 11 is 0. The smallest absolute Gasteiger partial charge is 0.264 e. The van der Waals surface area contributed by atoms with Gasteiger partial charge in [-0.05, 0) is 50.2 Å². The number of ether oxygens (including phenoxy) is 1. The summed E-state index contributed by atoms with van der Waals surface area (Å²) in [5, 5.41) is 0. The number of rotatable bonds is 4. The van der Waals surface area contributed by atoms with Gasteiger partial charge in [-0.25, -0.2) is 0 Å². The topological polar surface area (TPSA) is 45.7 Å². The molecule has 0 saturated carbocycles. The average molecular weight is 359 g/mol. The van der Waals surface area contributed by atoms with E-state index in [2.05, 4.69) is 23.7 Å². The van der Waals surface area contributed by atoms with Crippen LogP contribution in [0, 0.1) is 0 Å². The molecule has 0 bridgehead atoms. The number of amides is 1. The highest BCUT2D eigenvalue weighted by Gasteiger charge is 2.33. The van der Waals surface area contributed by atoms with Gasteiger partial charge in [0.2, 0.25) is 0 Å². The molecule has 0 spiro atoms. The van der Waals surface area contributed by atoms with Gasteiger partial charge >= 0.3 is 0 Å². The molecule has 0 saturated heterocycles. The molecule has 5 heteroatoms. The zero-order valence-electron chi connectivity index (χ0n) is 15.4. The minimum absolute atomic E-state index is 0.125. The van der Waals surface area contributed by atoms with E-state index < -0.39 is 0 Å². The average Bonchev–Trinajstić information content (AvgIpc) is 2.73. The minimum atomic E-state index is -0.125. The summed E-state index contributed by atoms with van der Waals surface area (Å²) < 4.78 is 6.14. The highest BCUT2D eigenvalue weighted by atomic mass is 16.5. The number of fused-ring (bicyclic) bond motifs is 2. The van der Waals surface area contributed by atoms with Crippen molar-refractivity contribution in [1.82, 2.24) is 4.98 Å². The van der Waals surface area contributed by atoms with Gasteiger partial charge in [-0.15, -0.1) is 0 Å². The van der Waals surface area contributed by atoms with Crippen molar-refractivity contribution in [3.63, 3.8) is 0 Å². The maximum absolute atomic E-state index is 13.5. The monoisotopic (exact) mass is 359 g/mol. The fraction of sp³-hybridized carbons (Fsp3) is 0.182. The molecule has 5 nitrogen and oxygen atoms in total. The van der Waals surface area contributed by atoms with Crippen molar-refractivity contribution in [3.05, 3.63) is 72.6 Å². The lowest BCUT2D eigenvalue weighted by molar-refractivity contribution is 0.0997.